The van der Waals surface area contributed by atoms with Crippen molar-refractivity contribution in [3.05, 3.63) is 59.2 Å². The molecule has 22 heavy (non-hydrogen) atoms. The molecule has 1 aliphatic rings. The van der Waals surface area contributed by atoms with Gasteiger partial charge in [-0.2, -0.15) is 0 Å². The van der Waals surface area contributed by atoms with Gasteiger partial charge in [0, 0.05) is 6.54 Å². The molecule has 116 valence electrons. The van der Waals surface area contributed by atoms with Gasteiger partial charge in [-0.05, 0) is 41.7 Å². The van der Waals surface area contributed by atoms with E-state index in [-0.39, 0.29) is 0 Å². The molecule has 0 bridgehead atoms. The summed E-state index contributed by atoms with van der Waals surface area (Å²) < 4.78 is 5.93. The standard InChI is InChI=1S/C20H25NO/c1-3-8-18-13-19-20(14-17(18)4-2)22-12-11-21(19)15-16-9-6-5-7-10-16/h5-7,9-10,13-14H,3-4,8,11-12,15H2,1-2H3. The molecule has 2 heteroatoms. The summed E-state index contributed by atoms with van der Waals surface area (Å²) in [6.07, 6.45) is 3.41. The number of hydrogen-bond acceptors (Lipinski definition) is 2. The maximum absolute atomic E-state index is 5.93. The quantitative estimate of drug-likeness (QED) is 0.799. The third-order valence-corrected chi connectivity index (χ3v) is 4.36. The molecule has 0 aromatic heterocycles. The first kappa shape index (κ1) is 15.0. The van der Waals surface area contributed by atoms with Gasteiger partial charge in [-0.3, -0.25) is 0 Å². The van der Waals surface area contributed by atoms with Gasteiger partial charge in [-0.15, -0.1) is 0 Å². The number of aryl methyl sites for hydroxylation is 2. The molecule has 0 saturated heterocycles. The Balaban J connectivity index is 1.92. The largest absolute Gasteiger partial charge is 0.490 e. The third kappa shape index (κ3) is 3.11. The highest BCUT2D eigenvalue weighted by molar-refractivity contribution is 5.63. The Morgan fingerprint density at radius 2 is 1.86 bits per heavy atom. The van der Waals surface area contributed by atoms with Crippen molar-refractivity contribution in [2.75, 3.05) is 18.1 Å². The van der Waals surface area contributed by atoms with Crippen LogP contribution in [0.1, 0.15) is 37.0 Å². The fourth-order valence-corrected chi connectivity index (χ4v) is 3.20. The Kier molecular flexibility index (Phi) is 4.67. The van der Waals surface area contributed by atoms with E-state index in [1.807, 2.05) is 0 Å². The lowest BCUT2D eigenvalue weighted by Gasteiger charge is -2.32. The highest BCUT2D eigenvalue weighted by Gasteiger charge is 2.20. The van der Waals surface area contributed by atoms with Crippen molar-refractivity contribution in [2.45, 2.75) is 39.7 Å². The van der Waals surface area contributed by atoms with E-state index in [2.05, 4.69) is 61.2 Å². The summed E-state index contributed by atoms with van der Waals surface area (Å²) >= 11 is 0. The van der Waals surface area contributed by atoms with E-state index in [1.54, 1.807) is 0 Å². The fraction of sp³-hybridized carbons (Fsp3) is 0.400. The molecule has 0 fully saturated rings. The summed E-state index contributed by atoms with van der Waals surface area (Å²) in [6, 6.07) is 15.3. The highest BCUT2D eigenvalue weighted by atomic mass is 16.5. The number of hydrogen-bond donors (Lipinski definition) is 0. The summed E-state index contributed by atoms with van der Waals surface area (Å²) in [7, 11) is 0. The van der Waals surface area contributed by atoms with Gasteiger partial charge in [0.2, 0.25) is 0 Å². The van der Waals surface area contributed by atoms with Crippen LogP contribution in [-0.4, -0.2) is 13.2 Å². The zero-order chi connectivity index (χ0) is 15.4. The first-order valence-electron chi connectivity index (χ1n) is 8.39. The number of nitrogens with zero attached hydrogens (tertiary/aromatic N) is 1. The van der Waals surface area contributed by atoms with Crippen LogP contribution in [0.2, 0.25) is 0 Å². The average Bonchev–Trinajstić information content (AvgIpc) is 2.56. The minimum atomic E-state index is 0.774. The van der Waals surface area contributed by atoms with Gasteiger partial charge in [-0.25, -0.2) is 0 Å². The van der Waals surface area contributed by atoms with Crippen LogP contribution in [0.15, 0.2) is 42.5 Å². The van der Waals surface area contributed by atoms with Crippen molar-refractivity contribution in [1.29, 1.82) is 0 Å². The van der Waals surface area contributed by atoms with Gasteiger partial charge in [0.25, 0.3) is 0 Å². The summed E-state index contributed by atoms with van der Waals surface area (Å²) in [5.41, 5.74) is 5.53. The van der Waals surface area contributed by atoms with Crippen molar-refractivity contribution in [1.82, 2.24) is 0 Å². The second-order valence-electron chi connectivity index (χ2n) is 5.95. The minimum absolute atomic E-state index is 0.774. The monoisotopic (exact) mass is 295 g/mol. The lowest BCUT2D eigenvalue weighted by Crippen LogP contribution is -2.32. The molecule has 2 nitrogen and oxygen atoms in total. The molecule has 0 saturated carbocycles. The molecule has 0 unspecified atom stereocenters. The molecule has 0 amide bonds. The molecule has 0 spiro atoms. The molecule has 1 heterocycles. The molecule has 1 aliphatic heterocycles. The molecule has 2 aromatic rings. The molecule has 0 radical (unpaired) electrons. The number of rotatable bonds is 5. The normalized spacial score (nSPS) is 13.6. The second kappa shape index (κ2) is 6.87. The predicted octanol–water partition coefficient (Wildman–Crippen LogP) is 4.60. The van der Waals surface area contributed by atoms with Crippen LogP contribution in [0.4, 0.5) is 5.69 Å². The highest BCUT2D eigenvalue weighted by Crippen LogP contribution is 2.36. The van der Waals surface area contributed by atoms with Crippen LogP contribution in [0.3, 0.4) is 0 Å². The van der Waals surface area contributed by atoms with Crippen molar-refractivity contribution in [3.63, 3.8) is 0 Å². The Labute approximate surface area is 133 Å². The third-order valence-electron chi connectivity index (χ3n) is 4.36. The maximum atomic E-state index is 5.93. The molecule has 0 N–H and O–H groups in total. The van der Waals surface area contributed by atoms with E-state index in [9.17, 15) is 0 Å². The number of anilines is 1. The maximum Gasteiger partial charge on any atom is 0.142 e. The van der Waals surface area contributed by atoms with Crippen LogP contribution in [0.5, 0.6) is 5.75 Å². The molecule has 0 atom stereocenters. The van der Waals surface area contributed by atoms with Gasteiger partial charge in [-0.1, -0.05) is 50.6 Å². The van der Waals surface area contributed by atoms with Gasteiger partial charge < -0.3 is 9.64 Å². The van der Waals surface area contributed by atoms with E-state index >= 15 is 0 Å². The fourth-order valence-electron chi connectivity index (χ4n) is 3.20. The summed E-state index contributed by atoms with van der Waals surface area (Å²) in [5.74, 6) is 1.05. The Bertz CT molecular complexity index is 621. The Morgan fingerprint density at radius 3 is 2.59 bits per heavy atom. The topological polar surface area (TPSA) is 12.5 Å². The molecule has 3 rings (SSSR count). The van der Waals surface area contributed by atoms with Crippen molar-refractivity contribution >= 4 is 5.69 Å². The summed E-state index contributed by atoms with van der Waals surface area (Å²) in [5, 5.41) is 0. The van der Waals surface area contributed by atoms with E-state index in [0.29, 0.717) is 0 Å². The van der Waals surface area contributed by atoms with Crippen LogP contribution in [0, 0.1) is 0 Å². The van der Waals surface area contributed by atoms with Gasteiger partial charge in [0.1, 0.15) is 12.4 Å². The lowest BCUT2D eigenvalue weighted by atomic mass is 9.98. The first-order valence-corrected chi connectivity index (χ1v) is 8.39. The number of ether oxygens (including phenoxy) is 1. The van der Waals surface area contributed by atoms with Gasteiger partial charge >= 0.3 is 0 Å². The lowest BCUT2D eigenvalue weighted by molar-refractivity contribution is 0.306. The van der Waals surface area contributed by atoms with Crippen molar-refractivity contribution < 1.29 is 4.74 Å². The van der Waals surface area contributed by atoms with Crippen molar-refractivity contribution in [3.8, 4) is 5.75 Å². The number of benzene rings is 2. The Morgan fingerprint density at radius 1 is 1.05 bits per heavy atom. The zero-order valence-electron chi connectivity index (χ0n) is 13.6. The van der Waals surface area contributed by atoms with Gasteiger partial charge in [0.05, 0.1) is 12.2 Å². The zero-order valence-corrected chi connectivity index (χ0v) is 13.6. The summed E-state index contributed by atoms with van der Waals surface area (Å²) in [6.45, 7) is 7.16. The number of fused-ring (bicyclic) bond motifs is 1. The average molecular weight is 295 g/mol. The molecule has 2 aromatic carbocycles. The van der Waals surface area contributed by atoms with Crippen molar-refractivity contribution in [2.24, 2.45) is 0 Å². The Hall–Kier alpha value is -1.96. The van der Waals surface area contributed by atoms with Crippen LogP contribution >= 0.6 is 0 Å². The van der Waals surface area contributed by atoms with E-state index in [1.165, 1.54) is 28.8 Å². The SMILES string of the molecule is CCCc1cc2c(cc1CC)OCCN2Cc1ccccc1. The first-order chi connectivity index (χ1) is 10.8. The summed E-state index contributed by atoms with van der Waals surface area (Å²) in [4.78, 5) is 2.45. The van der Waals surface area contributed by atoms with Crippen LogP contribution < -0.4 is 9.64 Å². The molecule has 0 aliphatic carbocycles. The van der Waals surface area contributed by atoms with Gasteiger partial charge in [0.15, 0.2) is 0 Å². The second-order valence-corrected chi connectivity index (χ2v) is 5.95. The van der Waals surface area contributed by atoms with Crippen LogP contribution in [0.25, 0.3) is 0 Å². The minimum Gasteiger partial charge on any atom is -0.490 e. The van der Waals surface area contributed by atoms with E-state index in [4.69, 9.17) is 4.74 Å². The smallest absolute Gasteiger partial charge is 0.142 e. The van der Waals surface area contributed by atoms with E-state index < -0.39 is 0 Å². The van der Waals surface area contributed by atoms with Crippen LogP contribution in [-0.2, 0) is 19.4 Å². The molecular formula is C20H25NO. The molecular weight excluding hydrogens is 270 g/mol. The van der Waals surface area contributed by atoms with E-state index in [0.717, 1.165) is 38.3 Å². The predicted molar refractivity (Wildman–Crippen MR) is 92.8 cm³/mol.